The third-order valence-electron chi connectivity index (χ3n) is 4.75. The molecule has 8 heteroatoms. The number of halogens is 1. The highest BCUT2D eigenvalue weighted by Crippen LogP contribution is 2.22. The second kappa shape index (κ2) is 11.1. The minimum absolute atomic E-state index is 0. The average Bonchev–Trinajstić information content (AvgIpc) is 2.73. The van der Waals surface area contributed by atoms with E-state index in [4.69, 9.17) is 10.5 Å². The molecule has 1 aliphatic rings. The molecule has 0 aliphatic carbocycles. The number of anilines is 2. The van der Waals surface area contributed by atoms with Crippen LogP contribution in [0.3, 0.4) is 0 Å². The zero-order valence-corrected chi connectivity index (χ0v) is 18.8. The van der Waals surface area contributed by atoms with Crippen LogP contribution in [0, 0.1) is 0 Å². The third-order valence-corrected chi connectivity index (χ3v) is 4.75. The van der Waals surface area contributed by atoms with Gasteiger partial charge in [-0.3, -0.25) is 0 Å². The maximum Gasteiger partial charge on any atom is 0.193 e. The molecular weight excluding hydrogens is 467 g/mol. The van der Waals surface area contributed by atoms with Gasteiger partial charge in [-0.1, -0.05) is 25.1 Å². The lowest BCUT2D eigenvalue weighted by Crippen LogP contribution is -2.46. The molecule has 2 heterocycles. The number of ether oxygens (including phenoxy) is 1. The summed E-state index contributed by atoms with van der Waals surface area (Å²) < 4.78 is 5.30. The van der Waals surface area contributed by atoms with E-state index in [1.807, 2.05) is 30.5 Å². The molecule has 0 amide bonds. The SMILES string of the molecule is CCN1CCN(c2ccc(CN=C(N)Nc3ccccc3OC)cn2)CC1.I. The molecule has 0 unspecified atom stereocenters. The van der Waals surface area contributed by atoms with Crippen molar-refractivity contribution in [3.8, 4) is 5.75 Å². The van der Waals surface area contributed by atoms with Crippen LogP contribution >= 0.6 is 24.0 Å². The second-order valence-electron chi connectivity index (χ2n) is 6.47. The van der Waals surface area contributed by atoms with Gasteiger partial charge >= 0.3 is 0 Å². The number of guanidine groups is 1. The van der Waals surface area contributed by atoms with Crippen LogP contribution in [0.4, 0.5) is 11.5 Å². The molecule has 0 spiro atoms. The van der Waals surface area contributed by atoms with Gasteiger partial charge in [-0.15, -0.1) is 24.0 Å². The summed E-state index contributed by atoms with van der Waals surface area (Å²) in [6.07, 6.45) is 1.88. The summed E-state index contributed by atoms with van der Waals surface area (Å²) in [4.78, 5) is 13.8. The first-order valence-electron chi connectivity index (χ1n) is 9.31. The lowest BCUT2D eigenvalue weighted by atomic mass is 10.2. The van der Waals surface area contributed by atoms with Gasteiger partial charge in [0.1, 0.15) is 11.6 Å². The number of aliphatic imine (C=N–C) groups is 1. The molecule has 0 saturated carbocycles. The quantitative estimate of drug-likeness (QED) is 0.364. The van der Waals surface area contributed by atoms with Gasteiger partial charge in [0.2, 0.25) is 0 Å². The van der Waals surface area contributed by atoms with Gasteiger partial charge in [0.15, 0.2) is 5.96 Å². The molecule has 28 heavy (non-hydrogen) atoms. The third kappa shape index (κ3) is 5.96. The van der Waals surface area contributed by atoms with Crippen LogP contribution in [-0.4, -0.2) is 55.7 Å². The number of benzene rings is 1. The van der Waals surface area contributed by atoms with E-state index in [-0.39, 0.29) is 24.0 Å². The minimum atomic E-state index is 0. The van der Waals surface area contributed by atoms with Crippen LogP contribution in [0.1, 0.15) is 12.5 Å². The smallest absolute Gasteiger partial charge is 0.193 e. The molecule has 2 aromatic rings. The van der Waals surface area contributed by atoms with E-state index >= 15 is 0 Å². The lowest BCUT2D eigenvalue weighted by molar-refractivity contribution is 0.270. The topological polar surface area (TPSA) is 79.0 Å². The van der Waals surface area contributed by atoms with Gasteiger partial charge in [-0.05, 0) is 30.3 Å². The number of piperazine rings is 1. The number of methoxy groups -OCH3 is 1. The number of likely N-dealkylation sites (N-methyl/N-ethyl adjacent to an activating group) is 1. The monoisotopic (exact) mass is 496 g/mol. The summed E-state index contributed by atoms with van der Waals surface area (Å²) >= 11 is 0. The highest BCUT2D eigenvalue weighted by atomic mass is 127. The molecule has 1 aliphatic heterocycles. The number of pyridine rings is 1. The lowest BCUT2D eigenvalue weighted by Gasteiger charge is -2.34. The number of nitrogens with zero attached hydrogens (tertiary/aromatic N) is 4. The molecule has 1 aromatic carbocycles. The van der Waals surface area contributed by atoms with Crippen molar-refractivity contribution < 1.29 is 4.74 Å². The Kier molecular flexibility index (Phi) is 8.78. The first-order chi connectivity index (χ1) is 13.2. The maximum absolute atomic E-state index is 6.00. The second-order valence-corrected chi connectivity index (χ2v) is 6.47. The molecule has 0 bridgehead atoms. The average molecular weight is 496 g/mol. The summed E-state index contributed by atoms with van der Waals surface area (Å²) in [5, 5.41) is 3.07. The Morgan fingerprint density at radius 2 is 1.93 bits per heavy atom. The highest BCUT2D eigenvalue weighted by molar-refractivity contribution is 14.0. The molecule has 1 aromatic heterocycles. The van der Waals surface area contributed by atoms with Crippen LogP contribution in [0.5, 0.6) is 5.75 Å². The van der Waals surface area contributed by atoms with Gasteiger partial charge in [0.05, 0.1) is 19.3 Å². The molecule has 152 valence electrons. The first kappa shape index (κ1) is 22.2. The fraction of sp³-hybridized carbons (Fsp3) is 0.400. The van der Waals surface area contributed by atoms with Gasteiger partial charge in [0, 0.05) is 32.4 Å². The van der Waals surface area contributed by atoms with Crippen molar-refractivity contribution in [1.29, 1.82) is 0 Å². The summed E-state index contributed by atoms with van der Waals surface area (Å²) in [5.41, 5.74) is 7.82. The van der Waals surface area contributed by atoms with E-state index in [0.29, 0.717) is 12.5 Å². The molecule has 0 atom stereocenters. The van der Waals surface area contributed by atoms with Gasteiger partial charge in [-0.25, -0.2) is 9.98 Å². The van der Waals surface area contributed by atoms with Crippen molar-refractivity contribution in [2.75, 3.05) is 50.1 Å². The molecule has 3 N–H and O–H groups in total. The van der Waals surface area contributed by atoms with Gasteiger partial charge < -0.3 is 25.6 Å². The molecule has 0 radical (unpaired) electrons. The van der Waals surface area contributed by atoms with E-state index in [9.17, 15) is 0 Å². The van der Waals surface area contributed by atoms with Crippen LogP contribution < -0.4 is 20.7 Å². The Morgan fingerprint density at radius 1 is 1.18 bits per heavy atom. The van der Waals surface area contributed by atoms with E-state index < -0.39 is 0 Å². The van der Waals surface area contributed by atoms with E-state index in [1.165, 1.54) is 0 Å². The predicted molar refractivity (Wildman–Crippen MR) is 126 cm³/mol. The summed E-state index contributed by atoms with van der Waals surface area (Å²) in [7, 11) is 1.63. The molecule has 1 saturated heterocycles. The van der Waals surface area contributed by atoms with Crippen LogP contribution in [0.25, 0.3) is 0 Å². The van der Waals surface area contributed by atoms with Crippen LogP contribution in [0.15, 0.2) is 47.6 Å². The Balaban J connectivity index is 0.00000280. The first-order valence-corrected chi connectivity index (χ1v) is 9.31. The van der Waals surface area contributed by atoms with Gasteiger partial charge in [-0.2, -0.15) is 0 Å². The Bertz CT molecular complexity index is 760. The molecule has 7 nitrogen and oxygen atoms in total. The number of nitrogens with two attached hydrogens (primary N) is 1. The highest BCUT2D eigenvalue weighted by Gasteiger charge is 2.16. The summed E-state index contributed by atoms with van der Waals surface area (Å²) in [6.45, 7) is 8.03. The minimum Gasteiger partial charge on any atom is -0.495 e. The van der Waals surface area contributed by atoms with E-state index in [1.54, 1.807) is 7.11 Å². The number of para-hydroxylation sites is 2. The van der Waals surface area contributed by atoms with Crippen molar-refractivity contribution in [1.82, 2.24) is 9.88 Å². The summed E-state index contributed by atoms with van der Waals surface area (Å²) in [6, 6.07) is 11.7. The Morgan fingerprint density at radius 3 is 2.57 bits per heavy atom. The zero-order valence-electron chi connectivity index (χ0n) is 16.5. The Hall–Kier alpha value is -2.07. The van der Waals surface area contributed by atoms with Crippen molar-refractivity contribution in [2.24, 2.45) is 10.7 Å². The predicted octanol–water partition coefficient (Wildman–Crippen LogP) is 2.78. The largest absolute Gasteiger partial charge is 0.495 e. The normalized spacial score (nSPS) is 15.1. The van der Waals surface area contributed by atoms with Crippen molar-refractivity contribution in [2.45, 2.75) is 13.5 Å². The van der Waals surface area contributed by atoms with Crippen LogP contribution in [0.2, 0.25) is 0 Å². The van der Waals surface area contributed by atoms with Crippen molar-refractivity contribution in [3.05, 3.63) is 48.2 Å². The summed E-state index contributed by atoms with van der Waals surface area (Å²) in [5.74, 6) is 2.10. The van der Waals surface area contributed by atoms with Crippen LogP contribution in [-0.2, 0) is 6.54 Å². The van der Waals surface area contributed by atoms with Gasteiger partial charge in [0.25, 0.3) is 0 Å². The number of nitrogens with one attached hydrogen (secondary N) is 1. The number of hydrogen-bond donors (Lipinski definition) is 2. The van der Waals surface area contributed by atoms with E-state index in [0.717, 1.165) is 55.5 Å². The fourth-order valence-electron chi connectivity index (χ4n) is 3.09. The molecule has 1 fully saturated rings. The number of rotatable bonds is 6. The van der Waals surface area contributed by atoms with Crippen molar-refractivity contribution in [3.63, 3.8) is 0 Å². The molecular formula is C20H29IN6O. The molecule has 3 rings (SSSR count). The number of aromatic nitrogens is 1. The fourth-order valence-corrected chi connectivity index (χ4v) is 3.09. The number of hydrogen-bond acceptors (Lipinski definition) is 5. The van der Waals surface area contributed by atoms with E-state index in [2.05, 4.69) is 44.1 Å². The van der Waals surface area contributed by atoms with Crippen molar-refractivity contribution >= 4 is 41.4 Å². The standard InChI is InChI=1S/C20H28N6O.HI/c1-3-25-10-12-26(13-11-25)19-9-8-16(14-22-19)15-23-20(21)24-17-6-4-5-7-18(17)27-2;/h4-9,14H,3,10-13,15H2,1-2H3,(H3,21,23,24);1H. The maximum atomic E-state index is 6.00. The zero-order chi connectivity index (χ0) is 19.1. The Labute approximate surface area is 184 Å².